The van der Waals surface area contributed by atoms with Gasteiger partial charge in [0.05, 0.1) is 17.8 Å². The Balaban J connectivity index is 1.22. The number of carbonyl (C=O) groups is 1. The Morgan fingerprint density at radius 1 is 0.919 bits per heavy atom. The average Bonchev–Trinajstić information content (AvgIpc) is 2.91. The van der Waals surface area contributed by atoms with Gasteiger partial charge in [-0.2, -0.15) is 0 Å². The molecule has 37 heavy (non-hydrogen) atoms. The summed E-state index contributed by atoms with van der Waals surface area (Å²) in [7, 11) is 5.33. The third kappa shape index (κ3) is 4.27. The summed E-state index contributed by atoms with van der Waals surface area (Å²) >= 11 is 6.93. The summed E-state index contributed by atoms with van der Waals surface area (Å²) in [6.07, 6.45) is 10.0. The molecule has 1 aromatic heterocycles. The van der Waals surface area contributed by atoms with Crippen LogP contribution in [-0.4, -0.2) is 32.2 Å². The van der Waals surface area contributed by atoms with Crippen molar-refractivity contribution in [2.75, 3.05) is 31.0 Å². The molecule has 4 fully saturated rings. The van der Waals surface area contributed by atoms with Crippen molar-refractivity contribution >= 4 is 40.5 Å². The van der Waals surface area contributed by atoms with Gasteiger partial charge in [-0.05, 0) is 116 Å². The van der Waals surface area contributed by atoms with Crippen molar-refractivity contribution in [1.29, 1.82) is 0 Å². The van der Waals surface area contributed by atoms with Crippen LogP contribution in [0, 0.1) is 17.8 Å². The van der Waals surface area contributed by atoms with Gasteiger partial charge in [-0.3, -0.25) is 0 Å². The number of hydrogen-bond acceptors (Lipinski definition) is 5. The highest BCUT2D eigenvalue weighted by Crippen LogP contribution is 2.61. The molecule has 0 aliphatic heterocycles. The van der Waals surface area contributed by atoms with Gasteiger partial charge in [0.25, 0.3) is 0 Å². The first-order chi connectivity index (χ1) is 17.9. The highest BCUT2D eigenvalue weighted by Gasteiger charge is 2.51. The number of aromatic nitrogens is 1. The first kappa shape index (κ1) is 24.3. The van der Waals surface area contributed by atoms with Crippen LogP contribution < -0.4 is 9.80 Å². The Morgan fingerprint density at radius 3 is 2.08 bits per heavy atom. The maximum atomic E-state index is 12.2. The van der Waals surface area contributed by atoms with Crippen LogP contribution >= 0.6 is 11.6 Å². The second-order valence-corrected chi connectivity index (χ2v) is 11.8. The fraction of sp³-hybridized carbons (Fsp3) is 0.419. The Hall–Kier alpha value is -3.05. The van der Waals surface area contributed by atoms with Gasteiger partial charge in [0.15, 0.2) is 0 Å². The number of rotatable bonds is 6. The van der Waals surface area contributed by atoms with Crippen LogP contribution in [0.4, 0.5) is 22.9 Å². The fourth-order valence-electron chi connectivity index (χ4n) is 7.67. The lowest BCUT2D eigenvalue weighted by Crippen LogP contribution is -2.48. The number of ether oxygens (including phenoxy) is 1. The third-order valence-corrected chi connectivity index (χ3v) is 9.40. The molecule has 0 radical (unpaired) electrons. The van der Waals surface area contributed by atoms with Crippen molar-refractivity contribution in [3.05, 3.63) is 76.9 Å². The number of halogens is 1. The van der Waals surface area contributed by atoms with Gasteiger partial charge in [0.2, 0.25) is 0 Å². The highest BCUT2D eigenvalue weighted by atomic mass is 35.5. The van der Waals surface area contributed by atoms with Gasteiger partial charge in [-0.25, -0.2) is 9.78 Å². The van der Waals surface area contributed by atoms with Gasteiger partial charge < -0.3 is 14.5 Å². The van der Waals surface area contributed by atoms with Crippen LogP contribution in [0.2, 0.25) is 5.02 Å². The van der Waals surface area contributed by atoms with Crippen LogP contribution in [0.3, 0.4) is 0 Å². The number of hydrogen-bond donors (Lipinski definition) is 0. The maximum absolute atomic E-state index is 12.2. The zero-order valence-corrected chi connectivity index (χ0v) is 22.5. The van der Waals surface area contributed by atoms with Crippen molar-refractivity contribution < 1.29 is 9.53 Å². The van der Waals surface area contributed by atoms with Gasteiger partial charge in [-0.15, -0.1) is 0 Å². The molecule has 7 rings (SSSR count). The van der Waals surface area contributed by atoms with Gasteiger partial charge >= 0.3 is 5.97 Å². The number of pyridine rings is 1. The first-order valence-electron chi connectivity index (χ1n) is 13.3. The smallest absolute Gasteiger partial charge is 0.341 e. The molecule has 0 saturated heterocycles. The zero-order chi connectivity index (χ0) is 25.7. The Labute approximate surface area is 224 Å². The summed E-state index contributed by atoms with van der Waals surface area (Å²) in [5.41, 5.74) is 5.19. The first-order valence-corrected chi connectivity index (χ1v) is 13.7. The summed E-state index contributed by atoms with van der Waals surface area (Å²) in [6.45, 7) is 0. The monoisotopic (exact) mass is 515 g/mol. The van der Waals surface area contributed by atoms with Crippen molar-refractivity contribution in [2.24, 2.45) is 17.8 Å². The molecule has 0 amide bonds. The van der Waals surface area contributed by atoms with E-state index in [1.807, 2.05) is 24.1 Å². The molecule has 4 aliphatic carbocycles. The van der Waals surface area contributed by atoms with Crippen LogP contribution in [0.25, 0.3) is 0 Å². The van der Waals surface area contributed by atoms with E-state index in [2.05, 4.69) is 47.3 Å². The number of esters is 1. The molecule has 0 unspecified atom stereocenters. The highest BCUT2D eigenvalue weighted by molar-refractivity contribution is 6.33. The zero-order valence-electron chi connectivity index (χ0n) is 21.8. The quantitative estimate of drug-likeness (QED) is 0.317. The lowest BCUT2D eigenvalue weighted by Gasteiger charge is -2.57. The Bertz CT molecular complexity index is 1290. The van der Waals surface area contributed by atoms with Crippen molar-refractivity contribution in [2.45, 2.75) is 43.9 Å². The summed E-state index contributed by atoms with van der Waals surface area (Å²) in [4.78, 5) is 20.6. The molecule has 5 nitrogen and oxygen atoms in total. The summed E-state index contributed by atoms with van der Waals surface area (Å²) in [6, 6.07) is 18.4. The van der Waals surface area contributed by atoms with Crippen LogP contribution in [-0.2, 0) is 10.2 Å². The van der Waals surface area contributed by atoms with E-state index in [-0.39, 0.29) is 0 Å². The second-order valence-electron chi connectivity index (χ2n) is 11.4. The topological polar surface area (TPSA) is 45.7 Å². The van der Waals surface area contributed by atoms with E-state index >= 15 is 0 Å². The minimum atomic E-state index is -0.405. The molecule has 0 atom stereocenters. The number of methoxy groups -OCH3 is 1. The molecular weight excluding hydrogens is 482 g/mol. The summed E-state index contributed by atoms with van der Waals surface area (Å²) in [5.74, 6) is 2.90. The third-order valence-electron chi connectivity index (χ3n) is 9.09. The number of carbonyl (C=O) groups excluding carboxylic acids is 1. The lowest BCUT2D eigenvalue weighted by atomic mass is 9.48. The molecule has 4 saturated carbocycles. The SMILES string of the molecule is COC(=O)c1cccnc1N(C)c1ccc(N(C)c2ccc(C34CC5CC(CC(C5)C3)C4)cc2Cl)cc1. The van der Waals surface area contributed by atoms with Gasteiger partial charge in [0.1, 0.15) is 11.4 Å². The molecular formula is C31H34ClN3O2. The standard InChI is InChI=1S/C31H34ClN3O2/c1-34(24-7-9-25(10-8-24)35(2)29-26(30(36)37-3)5-4-12-33-29)28-11-6-23(16-27(28)32)31-17-20-13-21(18-31)15-22(14-20)19-31/h4-12,16,20-22H,13-15,17-19H2,1-3H3. The van der Waals surface area contributed by atoms with Gasteiger partial charge in [0, 0.05) is 31.7 Å². The molecule has 0 N–H and O–H groups in total. The number of benzene rings is 2. The Morgan fingerprint density at radius 2 is 1.51 bits per heavy atom. The van der Waals surface area contributed by atoms with Crippen LogP contribution in [0.5, 0.6) is 0 Å². The predicted octanol–water partition coefficient (Wildman–Crippen LogP) is 7.53. The normalized spacial score (nSPS) is 25.7. The van der Waals surface area contributed by atoms with Crippen molar-refractivity contribution in [3.8, 4) is 0 Å². The fourth-order valence-corrected chi connectivity index (χ4v) is 7.98. The maximum Gasteiger partial charge on any atom is 0.341 e. The van der Waals surface area contributed by atoms with Crippen molar-refractivity contribution in [1.82, 2.24) is 4.98 Å². The molecule has 4 aliphatic rings. The molecule has 3 aromatic rings. The molecule has 1 heterocycles. The van der Waals surface area contributed by atoms with Gasteiger partial charge in [-0.1, -0.05) is 17.7 Å². The average molecular weight is 516 g/mol. The Kier molecular flexibility index (Phi) is 6.15. The lowest BCUT2D eigenvalue weighted by molar-refractivity contribution is -0.00518. The molecule has 0 spiro atoms. The van der Waals surface area contributed by atoms with E-state index in [0.29, 0.717) is 16.8 Å². The minimum Gasteiger partial charge on any atom is -0.465 e. The number of anilines is 4. The summed E-state index contributed by atoms with van der Waals surface area (Å²) in [5, 5.41) is 0.813. The molecule has 2 aromatic carbocycles. The number of nitrogens with zero attached hydrogens (tertiary/aromatic N) is 3. The van der Waals surface area contributed by atoms with E-state index in [0.717, 1.165) is 39.8 Å². The van der Waals surface area contributed by atoms with Crippen LogP contribution in [0.15, 0.2) is 60.8 Å². The predicted molar refractivity (Wildman–Crippen MR) is 149 cm³/mol. The van der Waals surface area contributed by atoms with Crippen molar-refractivity contribution in [3.63, 3.8) is 0 Å². The van der Waals surface area contributed by atoms with E-state index in [4.69, 9.17) is 16.3 Å². The molecule has 4 bridgehead atoms. The van der Waals surface area contributed by atoms with E-state index in [1.165, 1.54) is 51.2 Å². The van der Waals surface area contributed by atoms with E-state index in [1.54, 1.807) is 18.3 Å². The summed E-state index contributed by atoms with van der Waals surface area (Å²) < 4.78 is 4.93. The second kappa shape index (κ2) is 9.36. The molecule has 192 valence electrons. The van der Waals surface area contributed by atoms with E-state index in [9.17, 15) is 4.79 Å². The minimum absolute atomic E-state index is 0.344. The van der Waals surface area contributed by atoms with Crippen LogP contribution in [0.1, 0.15) is 54.4 Å². The van der Waals surface area contributed by atoms with E-state index < -0.39 is 5.97 Å². The molecule has 6 heteroatoms. The largest absolute Gasteiger partial charge is 0.465 e.